The highest BCUT2D eigenvalue weighted by atomic mass is 32.2. The molecular formula is C24H29N3O6S. The molecule has 0 saturated heterocycles. The predicted molar refractivity (Wildman–Crippen MR) is 126 cm³/mol. The van der Waals surface area contributed by atoms with Gasteiger partial charge in [0.2, 0.25) is 28.6 Å². The molecule has 2 atom stereocenters. The van der Waals surface area contributed by atoms with Gasteiger partial charge in [0.15, 0.2) is 11.5 Å². The molecule has 34 heavy (non-hydrogen) atoms. The summed E-state index contributed by atoms with van der Waals surface area (Å²) in [6.45, 7) is 7.36. The molecule has 2 aliphatic heterocycles. The number of carbonyl (C=O) groups excluding carboxylic acids is 2. The molecule has 0 radical (unpaired) electrons. The van der Waals surface area contributed by atoms with Gasteiger partial charge in [0.25, 0.3) is 0 Å². The molecule has 0 saturated carbocycles. The first-order chi connectivity index (χ1) is 16.1. The largest absolute Gasteiger partial charge is 0.454 e. The van der Waals surface area contributed by atoms with Crippen LogP contribution in [0, 0.1) is 5.92 Å². The summed E-state index contributed by atoms with van der Waals surface area (Å²) >= 11 is 0. The van der Waals surface area contributed by atoms with Crippen molar-refractivity contribution < 1.29 is 27.5 Å². The molecule has 0 aromatic heterocycles. The second kappa shape index (κ2) is 9.27. The van der Waals surface area contributed by atoms with Gasteiger partial charge >= 0.3 is 0 Å². The van der Waals surface area contributed by atoms with E-state index in [-0.39, 0.29) is 36.1 Å². The van der Waals surface area contributed by atoms with Crippen molar-refractivity contribution >= 4 is 27.5 Å². The average molecular weight is 488 g/mol. The topological polar surface area (TPSA) is 114 Å². The summed E-state index contributed by atoms with van der Waals surface area (Å²) < 4.78 is 39.5. The van der Waals surface area contributed by atoms with Crippen LogP contribution < -0.4 is 24.4 Å². The van der Waals surface area contributed by atoms with E-state index in [1.54, 1.807) is 43.0 Å². The van der Waals surface area contributed by atoms with Crippen molar-refractivity contribution in [1.82, 2.24) is 10.0 Å². The Morgan fingerprint density at radius 2 is 1.85 bits per heavy atom. The molecule has 0 aliphatic carbocycles. The minimum atomic E-state index is -3.97. The molecule has 2 amide bonds. The van der Waals surface area contributed by atoms with Crippen molar-refractivity contribution in [1.29, 1.82) is 0 Å². The summed E-state index contributed by atoms with van der Waals surface area (Å²) in [7, 11) is -3.97. The van der Waals surface area contributed by atoms with Gasteiger partial charge in [0, 0.05) is 25.2 Å². The fourth-order valence-electron chi connectivity index (χ4n) is 4.33. The number of ether oxygens (including phenoxy) is 2. The smallest absolute Gasteiger partial charge is 0.241 e. The summed E-state index contributed by atoms with van der Waals surface area (Å²) in [5.74, 6) is 0.474. The quantitative estimate of drug-likeness (QED) is 0.620. The number of nitrogens with zero attached hydrogens (tertiary/aromatic N) is 1. The maximum absolute atomic E-state index is 13.1. The van der Waals surface area contributed by atoms with Gasteiger partial charge < -0.3 is 19.7 Å². The third kappa shape index (κ3) is 4.74. The van der Waals surface area contributed by atoms with Crippen LogP contribution >= 0.6 is 0 Å². The number of carbonyl (C=O) groups is 2. The van der Waals surface area contributed by atoms with Crippen molar-refractivity contribution in [2.75, 3.05) is 11.7 Å². The Balaban J connectivity index is 1.47. The van der Waals surface area contributed by atoms with Crippen LogP contribution in [0.5, 0.6) is 11.5 Å². The van der Waals surface area contributed by atoms with Gasteiger partial charge in [-0.1, -0.05) is 19.9 Å². The lowest BCUT2D eigenvalue weighted by molar-refractivity contribution is -0.123. The Bertz CT molecular complexity index is 1230. The van der Waals surface area contributed by atoms with E-state index < -0.39 is 22.0 Å². The van der Waals surface area contributed by atoms with E-state index in [4.69, 9.17) is 9.47 Å². The average Bonchev–Trinajstić information content (AvgIpc) is 3.37. The van der Waals surface area contributed by atoms with Crippen molar-refractivity contribution in [3.8, 4) is 11.5 Å². The Labute approximate surface area is 199 Å². The van der Waals surface area contributed by atoms with Crippen LogP contribution in [-0.4, -0.2) is 39.1 Å². The molecule has 2 aromatic carbocycles. The zero-order chi connectivity index (χ0) is 24.6. The maximum Gasteiger partial charge on any atom is 0.241 e. The van der Waals surface area contributed by atoms with Gasteiger partial charge in [-0.05, 0) is 60.7 Å². The molecule has 2 aromatic rings. The molecule has 0 fully saturated rings. The van der Waals surface area contributed by atoms with Crippen molar-refractivity contribution in [2.24, 2.45) is 5.92 Å². The molecule has 2 aliphatic rings. The molecule has 9 nitrogen and oxygen atoms in total. The highest BCUT2D eigenvalue weighted by molar-refractivity contribution is 7.89. The number of sulfonamides is 1. The molecule has 182 valence electrons. The van der Waals surface area contributed by atoms with Crippen LogP contribution in [0.3, 0.4) is 0 Å². The first-order valence-electron chi connectivity index (χ1n) is 11.2. The molecule has 0 bridgehead atoms. The minimum absolute atomic E-state index is 0.0382. The lowest BCUT2D eigenvalue weighted by Gasteiger charge is -2.22. The Hall–Kier alpha value is -3.11. The normalized spacial score (nSPS) is 17.6. The van der Waals surface area contributed by atoms with E-state index in [1.165, 1.54) is 13.0 Å². The van der Waals surface area contributed by atoms with Crippen LogP contribution in [0.1, 0.15) is 38.8 Å². The number of benzene rings is 2. The number of hydrogen-bond acceptors (Lipinski definition) is 6. The van der Waals surface area contributed by atoms with Crippen molar-refractivity contribution in [3.63, 3.8) is 0 Å². The van der Waals surface area contributed by atoms with E-state index >= 15 is 0 Å². The molecular weight excluding hydrogens is 458 g/mol. The number of nitrogens with one attached hydrogen (secondary N) is 2. The van der Waals surface area contributed by atoms with Gasteiger partial charge in [-0.25, -0.2) is 8.42 Å². The van der Waals surface area contributed by atoms with Crippen LogP contribution in [0.15, 0.2) is 41.3 Å². The third-order valence-corrected chi connectivity index (χ3v) is 7.49. The Morgan fingerprint density at radius 1 is 1.12 bits per heavy atom. The number of hydrogen-bond donors (Lipinski definition) is 2. The van der Waals surface area contributed by atoms with Crippen LogP contribution in [0.25, 0.3) is 0 Å². The number of amides is 2. The molecule has 2 heterocycles. The lowest BCUT2D eigenvalue weighted by atomic mass is 10.0. The highest BCUT2D eigenvalue weighted by Gasteiger charge is 2.32. The Kier molecular flexibility index (Phi) is 6.55. The maximum atomic E-state index is 13.1. The molecule has 2 N–H and O–H groups in total. The summed E-state index contributed by atoms with van der Waals surface area (Å²) in [6, 6.07) is 9.08. The molecule has 4 rings (SSSR count). The van der Waals surface area contributed by atoms with Gasteiger partial charge in [-0.15, -0.1) is 0 Å². The Morgan fingerprint density at radius 3 is 2.56 bits per heavy atom. The van der Waals surface area contributed by atoms with Gasteiger partial charge in [0.05, 0.1) is 4.90 Å². The third-order valence-electron chi connectivity index (χ3n) is 6.05. The monoisotopic (exact) mass is 487 g/mol. The zero-order valence-electron chi connectivity index (χ0n) is 19.6. The highest BCUT2D eigenvalue weighted by Crippen LogP contribution is 2.34. The number of fused-ring (bicyclic) bond motifs is 2. The minimum Gasteiger partial charge on any atom is -0.454 e. The fourth-order valence-corrected chi connectivity index (χ4v) is 5.73. The van der Waals surface area contributed by atoms with E-state index in [2.05, 4.69) is 10.0 Å². The second-order valence-electron chi connectivity index (χ2n) is 8.98. The van der Waals surface area contributed by atoms with Gasteiger partial charge in [-0.2, -0.15) is 4.72 Å². The van der Waals surface area contributed by atoms with E-state index in [9.17, 15) is 18.0 Å². The first-order valence-corrected chi connectivity index (χ1v) is 12.7. The predicted octanol–water partition coefficient (Wildman–Crippen LogP) is 2.33. The second-order valence-corrected chi connectivity index (χ2v) is 10.7. The van der Waals surface area contributed by atoms with E-state index in [1.807, 2.05) is 13.0 Å². The molecule has 10 heteroatoms. The van der Waals surface area contributed by atoms with Crippen LogP contribution in [0.2, 0.25) is 0 Å². The van der Waals surface area contributed by atoms with E-state index in [0.717, 1.165) is 16.8 Å². The van der Waals surface area contributed by atoms with E-state index in [0.29, 0.717) is 17.9 Å². The van der Waals surface area contributed by atoms with Gasteiger partial charge in [0.1, 0.15) is 6.04 Å². The fraction of sp³-hybridized carbons (Fsp3) is 0.417. The first kappa shape index (κ1) is 24.0. The summed E-state index contributed by atoms with van der Waals surface area (Å²) in [5, 5.41) is 2.80. The van der Waals surface area contributed by atoms with Crippen LogP contribution in [0.4, 0.5) is 5.69 Å². The number of rotatable bonds is 7. The number of anilines is 1. The summed E-state index contributed by atoms with van der Waals surface area (Å²) in [5.41, 5.74) is 2.32. The lowest BCUT2D eigenvalue weighted by Crippen LogP contribution is -2.49. The summed E-state index contributed by atoms with van der Waals surface area (Å²) in [6.07, 6.45) is 0.571. The molecule has 0 spiro atoms. The van der Waals surface area contributed by atoms with Gasteiger partial charge in [-0.3, -0.25) is 9.59 Å². The van der Waals surface area contributed by atoms with Crippen molar-refractivity contribution in [3.05, 3.63) is 47.5 Å². The SMILES string of the molecule is CC(=O)N1c2ccc(S(=O)(=O)N[C@H](C(=O)NCc3ccc4c(c3)OCO4)C(C)C)cc2C[C@H]1C. The standard InChI is InChI=1S/C24H29N3O6S/c1-14(2)23(24(29)25-12-17-5-8-21-22(10-17)33-13-32-21)26-34(30,31)19-6-7-20-18(11-19)9-15(3)27(20)16(4)28/h5-8,10-11,14-15,23,26H,9,12-13H2,1-4H3,(H,25,29)/t15-,23+/m1/s1. The van der Waals surface area contributed by atoms with Crippen molar-refractivity contribution in [2.45, 2.75) is 57.6 Å². The molecule has 0 unspecified atom stereocenters. The van der Waals surface area contributed by atoms with Crippen LogP contribution in [-0.2, 0) is 32.6 Å². The summed E-state index contributed by atoms with van der Waals surface area (Å²) in [4.78, 5) is 26.6. The zero-order valence-corrected chi connectivity index (χ0v) is 20.4.